The Labute approximate surface area is 72.7 Å². The molecule has 0 saturated heterocycles. The molecule has 0 heterocycles. The molecule has 1 rings (SSSR count). The van der Waals surface area contributed by atoms with E-state index in [1.165, 1.54) is 0 Å². The maximum atomic E-state index is 5.71. The minimum absolute atomic E-state index is 0.789. The number of methoxy groups -OCH3 is 1. The van der Waals surface area contributed by atoms with E-state index in [0.717, 1.165) is 17.0 Å². The number of nitrogens with two attached hydrogens (primary N) is 1. The molecule has 0 spiro atoms. The molecule has 1 aromatic rings. The van der Waals surface area contributed by atoms with Crippen molar-refractivity contribution in [1.29, 1.82) is 0 Å². The smallest absolute Gasteiger partial charge is 0.118 e. The molecule has 0 aromatic heterocycles. The second-order valence-corrected chi connectivity index (χ2v) is 2.47. The van der Waals surface area contributed by atoms with Crippen molar-refractivity contribution >= 4 is 5.70 Å². The number of ether oxygens (including phenoxy) is 1. The summed E-state index contributed by atoms with van der Waals surface area (Å²) in [6.45, 7) is 1.92. The van der Waals surface area contributed by atoms with E-state index in [1.807, 2.05) is 37.3 Å². The van der Waals surface area contributed by atoms with Crippen molar-refractivity contribution in [3.63, 3.8) is 0 Å². The summed E-state index contributed by atoms with van der Waals surface area (Å²) in [5.74, 6) is 0.850. The standard InChI is InChI=1S/C10H13NO/c1-3-10(11)8-4-6-9(12-2)7-5-8/h3-7H,11H2,1-2H3/b10-3-. The fourth-order valence-corrected chi connectivity index (χ4v) is 0.950. The van der Waals surface area contributed by atoms with Gasteiger partial charge in [-0.25, -0.2) is 0 Å². The van der Waals surface area contributed by atoms with E-state index in [2.05, 4.69) is 0 Å². The lowest BCUT2D eigenvalue weighted by Crippen LogP contribution is -1.94. The van der Waals surface area contributed by atoms with Crippen LogP contribution < -0.4 is 10.5 Å². The van der Waals surface area contributed by atoms with Gasteiger partial charge in [-0.2, -0.15) is 0 Å². The van der Waals surface area contributed by atoms with Crippen LogP contribution in [0.2, 0.25) is 0 Å². The highest BCUT2D eigenvalue weighted by Gasteiger charge is 1.94. The second kappa shape index (κ2) is 3.81. The average Bonchev–Trinajstić information content (AvgIpc) is 2.17. The van der Waals surface area contributed by atoms with Crippen LogP contribution in [0, 0.1) is 0 Å². The Morgan fingerprint density at radius 2 is 1.92 bits per heavy atom. The Kier molecular flexibility index (Phi) is 2.75. The Morgan fingerprint density at radius 1 is 1.33 bits per heavy atom. The van der Waals surface area contributed by atoms with Crippen LogP contribution in [-0.4, -0.2) is 7.11 Å². The molecule has 64 valence electrons. The lowest BCUT2D eigenvalue weighted by atomic mass is 10.1. The minimum atomic E-state index is 0.789. The predicted octanol–water partition coefficient (Wildman–Crippen LogP) is 2.01. The number of rotatable bonds is 2. The van der Waals surface area contributed by atoms with Crippen LogP contribution in [0.5, 0.6) is 5.75 Å². The zero-order chi connectivity index (χ0) is 8.97. The fraction of sp³-hybridized carbons (Fsp3) is 0.200. The average molecular weight is 163 g/mol. The fourth-order valence-electron chi connectivity index (χ4n) is 0.950. The summed E-state index contributed by atoms with van der Waals surface area (Å²) in [4.78, 5) is 0. The molecular weight excluding hydrogens is 150 g/mol. The Bertz CT molecular complexity index is 274. The van der Waals surface area contributed by atoms with Gasteiger partial charge in [-0.3, -0.25) is 0 Å². The summed E-state index contributed by atoms with van der Waals surface area (Å²) in [5, 5.41) is 0. The molecule has 0 fully saturated rings. The van der Waals surface area contributed by atoms with Crippen molar-refractivity contribution < 1.29 is 4.74 Å². The lowest BCUT2D eigenvalue weighted by Gasteiger charge is -2.02. The minimum Gasteiger partial charge on any atom is -0.497 e. The summed E-state index contributed by atoms with van der Waals surface area (Å²) in [6, 6.07) is 7.67. The first-order valence-corrected chi connectivity index (χ1v) is 3.84. The van der Waals surface area contributed by atoms with Crippen LogP contribution in [0.15, 0.2) is 30.3 Å². The van der Waals surface area contributed by atoms with Gasteiger partial charge in [-0.05, 0) is 36.8 Å². The number of benzene rings is 1. The Hall–Kier alpha value is -1.44. The number of allylic oxidation sites excluding steroid dienone is 1. The van der Waals surface area contributed by atoms with Gasteiger partial charge in [-0.15, -0.1) is 0 Å². The topological polar surface area (TPSA) is 35.2 Å². The zero-order valence-corrected chi connectivity index (χ0v) is 7.37. The van der Waals surface area contributed by atoms with Crippen LogP contribution in [0.3, 0.4) is 0 Å². The summed E-state index contributed by atoms with van der Waals surface area (Å²) >= 11 is 0. The monoisotopic (exact) mass is 163 g/mol. The second-order valence-electron chi connectivity index (χ2n) is 2.47. The molecule has 0 aliphatic heterocycles. The van der Waals surface area contributed by atoms with E-state index in [1.54, 1.807) is 7.11 Å². The molecular formula is C10H13NO. The highest BCUT2D eigenvalue weighted by atomic mass is 16.5. The highest BCUT2D eigenvalue weighted by molar-refractivity contribution is 5.62. The van der Waals surface area contributed by atoms with E-state index in [0.29, 0.717) is 0 Å². The van der Waals surface area contributed by atoms with Gasteiger partial charge in [0, 0.05) is 5.70 Å². The van der Waals surface area contributed by atoms with Crippen molar-refractivity contribution in [2.75, 3.05) is 7.11 Å². The van der Waals surface area contributed by atoms with E-state index in [9.17, 15) is 0 Å². The lowest BCUT2D eigenvalue weighted by molar-refractivity contribution is 0.415. The number of hydrogen-bond donors (Lipinski definition) is 1. The Balaban J connectivity index is 2.92. The van der Waals surface area contributed by atoms with Gasteiger partial charge in [-0.1, -0.05) is 6.08 Å². The molecule has 2 N–H and O–H groups in total. The third-order valence-corrected chi connectivity index (χ3v) is 1.73. The van der Waals surface area contributed by atoms with E-state index < -0.39 is 0 Å². The quantitative estimate of drug-likeness (QED) is 0.723. The van der Waals surface area contributed by atoms with E-state index >= 15 is 0 Å². The third-order valence-electron chi connectivity index (χ3n) is 1.73. The van der Waals surface area contributed by atoms with Crippen molar-refractivity contribution in [3.8, 4) is 5.75 Å². The van der Waals surface area contributed by atoms with Gasteiger partial charge in [0.2, 0.25) is 0 Å². The molecule has 0 atom stereocenters. The summed E-state index contributed by atoms with van der Waals surface area (Å²) < 4.78 is 5.02. The normalized spacial score (nSPS) is 11.3. The van der Waals surface area contributed by atoms with E-state index in [4.69, 9.17) is 10.5 Å². The van der Waals surface area contributed by atoms with Crippen molar-refractivity contribution in [1.82, 2.24) is 0 Å². The van der Waals surface area contributed by atoms with Gasteiger partial charge < -0.3 is 10.5 Å². The SMILES string of the molecule is C/C=C(\N)c1ccc(OC)cc1. The molecule has 0 radical (unpaired) electrons. The number of hydrogen-bond acceptors (Lipinski definition) is 2. The van der Waals surface area contributed by atoms with Crippen LogP contribution in [-0.2, 0) is 0 Å². The molecule has 12 heavy (non-hydrogen) atoms. The van der Waals surface area contributed by atoms with Crippen LogP contribution in [0.1, 0.15) is 12.5 Å². The van der Waals surface area contributed by atoms with Gasteiger partial charge in [0.05, 0.1) is 7.11 Å². The molecule has 0 saturated carbocycles. The van der Waals surface area contributed by atoms with Crippen molar-refractivity contribution in [2.45, 2.75) is 6.92 Å². The molecule has 0 aliphatic carbocycles. The van der Waals surface area contributed by atoms with Gasteiger partial charge in [0.15, 0.2) is 0 Å². The summed E-state index contributed by atoms with van der Waals surface area (Å²) in [5.41, 5.74) is 7.52. The molecule has 2 heteroatoms. The summed E-state index contributed by atoms with van der Waals surface area (Å²) in [6.07, 6.45) is 1.88. The first kappa shape index (κ1) is 8.65. The predicted molar refractivity (Wildman–Crippen MR) is 50.8 cm³/mol. The third kappa shape index (κ3) is 1.78. The van der Waals surface area contributed by atoms with Crippen molar-refractivity contribution in [3.05, 3.63) is 35.9 Å². The molecule has 1 aromatic carbocycles. The highest BCUT2D eigenvalue weighted by Crippen LogP contribution is 2.14. The molecule has 0 bridgehead atoms. The first-order valence-electron chi connectivity index (χ1n) is 3.84. The maximum Gasteiger partial charge on any atom is 0.118 e. The molecule has 0 unspecified atom stereocenters. The maximum absolute atomic E-state index is 5.71. The zero-order valence-electron chi connectivity index (χ0n) is 7.37. The van der Waals surface area contributed by atoms with Crippen molar-refractivity contribution in [2.24, 2.45) is 5.73 Å². The van der Waals surface area contributed by atoms with Gasteiger partial charge >= 0.3 is 0 Å². The largest absolute Gasteiger partial charge is 0.497 e. The van der Waals surface area contributed by atoms with Crippen LogP contribution in [0.4, 0.5) is 0 Å². The Morgan fingerprint density at radius 3 is 2.33 bits per heavy atom. The van der Waals surface area contributed by atoms with E-state index in [-0.39, 0.29) is 0 Å². The van der Waals surface area contributed by atoms with Gasteiger partial charge in [0.1, 0.15) is 5.75 Å². The summed E-state index contributed by atoms with van der Waals surface area (Å²) in [7, 11) is 1.65. The van der Waals surface area contributed by atoms with Crippen LogP contribution >= 0.6 is 0 Å². The first-order chi connectivity index (χ1) is 5.77. The molecule has 0 aliphatic rings. The van der Waals surface area contributed by atoms with Gasteiger partial charge in [0.25, 0.3) is 0 Å². The molecule has 0 amide bonds. The molecule has 2 nitrogen and oxygen atoms in total. The van der Waals surface area contributed by atoms with Crippen LogP contribution in [0.25, 0.3) is 5.70 Å².